The summed E-state index contributed by atoms with van der Waals surface area (Å²) < 4.78 is 27.8. The van der Waals surface area contributed by atoms with Gasteiger partial charge in [-0.15, -0.1) is 0 Å². The van der Waals surface area contributed by atoms with Crippen LogP contribution in [-0.2, 0) is 4.79 Å². The van der Waals surface area contributed by atoms with Gasteiger partial charge in [-0.3, -0.25) is 9.59 Å². The van der Waals surface area contributed by atoms with E-state index in [-0.39, 0.29) is 17.5 Å². The van der Waals surface area contributed by atoms with Gasteiger partial charge < -0.3 is 35.8 Å². The van der Waals surface area contributed by atoms with Crippen LogP contribution in [0.3, 0.4) is 0 Å². The predicted molar refractivity (Wildman–Crippen MR) is 118 cm³/mol. The minimum atomic E-state index is -2.09. The highest BCUT2D eigenvalue weighted by Gasteiger charge is 2.31. The molecule has 180 valence electrons. The standard InChI is InChI=1S/C20H22B2F2N2O8/c1-20(2,26-18(28)11-4-6-13(22(33)34)15(24)8-11)9-16(19(29)30)25-17(27)10-3-5-12(21(31)32)14(23)7-10/h3-8,16,31-34H,9H2,1-2H3,(H,25,27)(H,26,28)(H,29,30)/t16-/m0/s1. The van der Waals surface area contributed by atoms with Gasteiger partial charge >= 0.3 is 20.2 Å². The first kappa shape index (κ1) is 26.9. The molecule has 0 aromatic heterocycles. The van der Waals surface area contributed by atoms with Crippen LogP contribution in [0.5, 0.6) is 0 Å². The van der Waals surface area contributed by atoms with Crippen LogP contribution in [0.2, 0.25) is 0 Å². The Balaban J connectivity index is 2.12. The van der Waals surface area contributed by atoms with Crippen molar-refractivity contribution in [2.45, 2.75) is 31.8 Å². The number of carbonyl (C=O) groups is 3. The third-order valence-electron chi connectivity index (χ3n) is 4.85. The second-order valence-electron chi connectivity index (χ2n) is 8.13. The minimum Gasteiger partial charge on any atom is -0.480 e. The number of carbonyl (C=O) groups excluding carboxylic acids is 2. The van der Waals surface area contributed by atoms with Crippen LogP contribution in [0.1, 0.15) is 41.0 Å². The molecule has 0 saturated carbocycles. The molecule has 0 spiro atoms. The van der Waals surface area contributed by atoms with Gasteiger partial charge in [0.2, 0.25) is 0 Å². The lowest BCUT2D eigenvalue weighted by atomic mass is 9.79. The van der Waals surface area contributed by atoms with E-state index in [4.69, 9.17) is 20.1 Å². The Labute approximate surface area is 193 Å². The summed E-state index contributed by atoms with van der Waals surface area (Å²) in [7, 11) is -4.15. The molecule has 34 heavy (non-hydrogen) atoms. The third kappa shape index (κ3) is 6.84. The summed E-state index contributed by atoms with van der Waals surface area (Å²) >= 11 is 0. The predicted octanol–water partition coefficient (Wildman–Crippen LogP) is -1.89. The van der Waals surface area contributed by atoms with Crippen molar-refractivity contribution in [2.24, 2.45) is 0 Å². The Kier molecular flexibility index (Phi) is 8.51. The Bertz CT molecular complexity index is 1100. The molecule has 0 aliphatic carbocycles. The fraction of sp³-hybridized carbons (Fsp3) is 0.250. The first-order chi connectivity index (χ1) is 15.7. The number of carboxylic acid groups (broad SMARTS) is 1. The van der Waals surface area contributed by atoms with Crippen molar-refractivity contribution in [2.75, 3.05) is 0 Å². The van der Waals surface area contributed by atoms with Gasteiger partial charge in [-0.25, -0.2) is 13.6 Å². The lowest BCUT2D eigenvalue weighted by Crippen LogP contribution is -2.51. The monoisotopic (exact) mass is 478 g/mol. The molecule has 0 radical (unpaired) electrons. The van der Waals surface area contributed by atoms with Gasteiger partial charge in [0.05, 0.1) is 0 Å². The van der Waals surface area contributed by atoms with Crippen molar-refractivity contribution < 1.29 is 48.4 Å². The Morgan fingerprint density at radius 2 is 1.32 bits per heavy atom. The average molecular weight is 478 g/mol. The Morgan fingerprint density at radius 1 is 0.882 bits per heavy atom. The van der Waals surface area contributed by atoms with Crippen molar-refractivity contribution in [1.82, 2.24) is 10.6 Å². The Hall–Kier alpha value is -3.32. The molecule has 10 nitrogen and oxygen atoms in total. The highest BCUT2D eigenvalue weighted by Crippen LogP contribution is 2.15. The summed E-state index contributed by atoms with van der Waals surface area (Å²) in [4.78, 5) is 36.6. The molecule has 0 aliphatic rings. The fourth-order valence-electron chi connectivity index (χ4n) is 3.14. The first-order valence-electron chi connectivity index (χ1n) is 9.89. The second kappa shape index (κ2) is 10.7. The van der Waals surface area contributed by atoms with E-state index in [1.54, 1.807) is 0 Å². The number of halogens is 2. The van der Waals surface area contributed by atoms with E-state index in [1.807, 2.05) is 0 Å². The van der Waals surface area contributed by atoms with E-state index in [0.717, 1.165) is 36.4 Å². The molecule has 0 unspecified atom stereocenters. The lowest BCUT2D eigenvalue weighted by Gasteiger charge is -2.29. The van der Waals surface area contributed by atoms with Gasteiger partial charge in [0.15, 0.2) is 0 Å². The molecule has 2 rings (SSSR count). The van der Waals surface area contributed by atoms with Crippen LogP contribution in [0.25, 0.3) is 0 Å². The smallest absolute Gasteiger partial charge is 0.480 e. The van der Waals surface area contributed by atoms with Crippen molar-refractivity contribution in [1.29, 1.82) is 0 Å². The SMILES string of the molecule is CC(C)(C[C@H](NC(=O)c1ccc(B(O)O)c(F)c1)C(=O)O)NC(=O)c1ccc(B(O)O)c(F)c1. The highest BCUT2D eigenvalue weighted by molar-refractivity contribution is 6.59. The summed E-state index contributed by atoms with van der Waals surface area (Å²) in [6.45, 7) is 2.93. The number of rotatable bonds is 9. The number of carboxylic acids is 1. The van der Waals surface area contributed by atoms with E-state index in [9.17, 15) is 28.3 Å². The van der Waals surface area contributed by atoms with Gasteiger partial charge in [0, 0.05) is 34.0 Å². The number of nitrogens with one attached hydrogen (secondary N) is 2. The normalized spacial score (nSPS) is 12.0. The molecule has 1 atom stereocenters. The van der Waals surface area contributed by atoms with Crippen molar-refractivity contribution in [3.05, 3.63) is 59.2 Å². The maximum absolute atomic E-state index is 13.9. The van der Waals surface area contributed by atoms with Crippen molar-refractivity contribution in [3.8, 4) is 0 Å². The Morgan fingerprint density at radius 3 is 1.71 bits per heavy atom. The molecule has 0 bridgehead atoms. The maximum Gasteiger partial charge on any atom is 0.491 e. The molecule has 2 aromatic rings. The average Bonchev–Trinajstić information content (AvgIpc) is 2.71. The topological polar surface area (TPSA) is 176 Å². The number of amides is 2. The molecule has 0 fully saturated rings. The first-order valence-corrected chi connectivity index (χ1v) is 9.89. The van der Waals surface area contributed by atoms with E-state index in [0.29, 0.717) is 0 Å². The molecular weight excluding hydrogens is 456 g/mol. The van der Waals surface area contributed by atoms with Gasteiger partial charge in [-0.05, 0) is 38.1 Å². The van der Waals surface area contributed by atoms with Gasteiger partial charge in [-0.1, -0.05) is 12.1 Å². The summed E-state index contributed by atoms with van der Waals surface area (Å²) in [5.41, 5.74) is -2.55. The lowest BCUT2D eigenvalue weighted by molar-refractivity contribution is -0.139. The molecule has 7 N–H and O–H groups in total. The molecular formula is C20H22B2F2N2O8. The number of aliphatic carboxylic acids is 1. The molecule has 2 amide bonds. The van der Waals surface area contributed by atoms with E-state index < -0.39 is 66.2 Å². The van der Waals surface area contributed by atoms with Crippen LogP contribution >= 0.6 is 0 Å². The van der Waals surface area contributed by atoms with Crippen LogP contribution in [0.15, 0.2) is 36.4 Å². The van der Waals surface area contributed by atoms with Crippen LogP contribution in [-0.4, -0.2) is 68.8 Å². The minimum absolute atomic E-state index is 0.160. The van der Waals surface area contributed by atoms with E-state index in [2.05, 4.69) is 10.6 Å². The number of benzene rings is 2. The zero-order valence-electron chi connectivity index (χ0n) is 18.1. The zero-order chi connectivity index (χ0) is 25.8. The summed E-state index contributed by atoms with van der Waals surface area (Å²) in [5, 5.41) is 50.4. The number of hydrogen-bond acceptors (Lipinski definition) is 7. The third-order valence-corrected chi connectivity index (χ3v) is 4.85. The number of hydrogen-bond donors (Lipinski definition) is 7. The highest BCUT2D eigenvalue weighted by atomic mass is 19.1. The fourth-order valence-corrected chi connectivity index (χ4v) is 3.14. The molecule has 14 heteroatoms. The summed E-state index contributed by atoms with van der Waals surface area (Å²) in [6, 6.07) is 4.21. The zero-order valence-corrected chi connectivity index (χ0v) is 18.1. The summed E-state index contributed by atoms with van der Waals surface area (Å²) in [5.74, 6) is -5.27. The molecule has 0 heterocycles. The molecule has 2 aromatic carbocycles. The van der Waals surface area contributed by atoms with Gasteiger partial charge in [0.1, 0.15) is 17.7 Å². The van der Waals surface area contributed by atoms with Crippen molar-refractivity contribution in [3.63, 3.8) is 0 Å². The molecule has 0 saturated heterocycles. The van der Waals surface area contributed by atoms with Crippen LogP contribution < -0.4 is 21.6 Å². The van der Waals surface area contributed by atoms with Crippen LogP contribution in [0.4, 0.5) is 8.78 Å². The van der Waals surface area contributed by atoms with E-state index >= 15 is 0 Å². The van der Waals surface area contributed by atoms with Gasteiger partial charge in [-0.2, -0.15) is 0 Å². The summed E-state index contributed by atoms with van der Waals surface area (Å²) in [6.07, 6.45) is -0.314. The van der Waals surface area contributed by atoms with E-state index in [1.165, 1.54) is 13.8 Å². The van der Waals surface area contributed by atoms with Gasteiger partial charge in [0.25, 0.3) is 11.8 Å². The quantitative estimate of drug-likeness (QED) is 0.205. The maximum atomic E-state index is 13.9. The molecule has 0 aliphatic heterocycles. The van der Waals surface area contributed by atoms with Crippen LogP contribution in [0, 0.1) is 11.6 Å². The second-order valence-corrected chi connectivity index (χ2v) is 8.13. The van der Waals surface area contributed by atoms with Crippen molar-refractivity contribution >= 4 is 42.9 Å². The largest absolute Gasteiger partial charge is 0.491 e.